The van der Waals surface area contributed by atoms with E-state index >= 15 is 0 Å². The van der Waals surface area contributed by atoms with Crippen LogP contribution in [-0.4, -0.2) is 64.3 Å². The molecule has 0 radical (unpaired) electrons. The van der Waals surface area contributed by atoms with Crippen molar-refractivity contribution in [1.29, 1.82) is 0 Å². The van der Waals surface area contributed by atoms with Gasteiger partial charge in [-0.3, -0.25) is 14.6 Å². The number of nitrogens with zero attached hydrogens (tertiary/aromatic N) is 4. The van der Waals surface area contributed by atoms with Crippen molar-refractivity contribution in [2.24, 2.45) is 4.99 Å². The molecule has 29 heavy (non-hydrogen) atoms. The maximum Gasteiger partial charge on any atom is 0.225 e. The number of anilines is 1. The molecule has 2 atom stereocenters. The Hall–Kier alpha value is -2.09. The average Bonchev–Trinajstić information content (AvgIpc) is 3.16. The second-order valence-corrected chi connectivity index (χ2v) is 9.13. The number of aliphatic imine (C=N–C) groups is 1. The van der Waals surface area contributed by atoms with Crippen molar-refractivity contribution in [2.75, 3.05) is 31.1 Å². The summed E-state index contributed by atoms with van der Waals surface area (Å²) in [5, 5.41) is 4.28. The summed E-state index contributed by atoms with van der Waals surface area (Å²) in [6.07, 6.45) is 8.00. The van der Waals surface area contributed by atoms with E-state index in [1.165, 1.54) is 19.3 Å². The number of fused-ring (bicyclic) bond motifs is 1. The number of piperazine rings is 1. The molecule has 1 aromatic heterocycles. The molecule has 7 nitrogen and oxygen atoms in total. The summed E-state index contributed by atoms with van der Waals surface area (Å²) >= 11 is 1.72. The number of thioether (sulfide) groups is 1. The van der Waals surface area contributed by atoms with Gasteiger partial charge in [-0.05, 0) is 31.4 Å². The van der Waals surface area contributed by atoms with Gasteiger partial charge >= 0.3 is 0 Å². The number of nitrogens with one attached hydrogen (secondary N) is 1. The van der Waals surface area contributed by atoms with Gasteiger partial charge in [0.1, 0.15) is 5.82 Å². The molecule has 4 rings (SSSR count). The van der Waals surface area contributed by atoms with Gasteiger partial charge in [0, 0.05) is 50.5 Å². The maximum atomic E-state index is 12.5. The summed E-state index contributed by atoms with van der Waals surface area (Å²) in [4.78, 5) is 37.8. The van der Waals surface area contributed by atoms with Gasteiger partial charge in [-0.2, -0.15) is 0 Å². The molecule has 1 N–H and O–H groups in total. The quantitative estimate of drug-likeness (QED) is 0.799. The average molecular weight is 416 g/mol. The van der Waals surface area contributed by atoms with Crippen LogP contribution < -0.4 is 10.2 Å². The van der Waals surface area contributed by atoms with Gasteiger partial charge in [0.05, 0.1) is 6.04 Å². The third-order valence-electron chi connectivity index (χ3n) is 5.86. The van der Waals surface area contributed by atoms with E-state index in [0.29, 0.717) is 43.6 Å². The van der Waals surface area contributed by atoms with Gasteiger partial charge in [0.15, 0.2) is 5.17 Å². The Kier molecular flexibility index (Phi) is 6.69. The number of hydrogen-bond donors (Lipinski definition) is 1. The number of aromatic nitrogens is 1. The molecule has 3 aliphatic rings. The first kappa shape index (κ1) is 20.2. The van der Waals surface area contributed by atoms with Crippen LogP contribution >= 0.6 is 11.8 Å². The standard InChI is InChI=1S/C21H29N5O2S/c27-19(24-21-23-16-6-1-2-7-17(16)29-21)9-5-10-20(28)26-14-12-25(13-15-26)18-8-3-4-11-22-18/h3-4,8,11,16-17H,1-2,5-7,9-10,12-15H2,(H,23,24,27)/t16-,17+/m1/s1. The maximum absolute atomic E-state index is 12.5. The molecular weight excluding hydrogens is 386 g/mol. The summed E-state index contributed by atoms with van der Waals surface area (Å²) in [5.74, 6) is 1.07. The highest BCUT2D eigenvalue weighted by molar-refractivity contribution is 8.14. The van der Waals surface area contributed by atoms with Gasteiger partial charge in [-0.15, -0.1) is 0 Å². The molecule has 156 valence electrons. The Labute approximate surface area is 176 Å². The molecule has 0 unspecified atom stereocenters. The van der Waals surface area contributed by atoms with Crippen molar-refractivity contribution in [2.45, 2.75) is 56.2 Å². The van der Waals surface area contributed by atoms with E-state index in [1.54, 1.807) is 18.0 Å². The van der Waals surface area contributed by atoms with E-state index in [-0.39, 0.29) is 11.8 Å². The molecule has 0 aromatic carbocycles. The predicted molar refractivity (Wildman–Crippen MR) is 116 cm³/mol. The fourth-order valence-corrected chi connectivity index (χ4v) is 5.51. The Bertz CT molecular complexity index is 749. The van der Waals surface area contributed by atoms with E-state index in [0.717, 1.165) is 30.5 Å². The van der Waals surface area contributed by atoms with Crippen molar-refractivity contribution in [3.63, 3.8) is 0 Å². The first-order valence-corrected chi connectivity index (χ1v) is 11.5. The van der Waals surface area contributed by atoms with Crippen LogP contribution in [0, 0.1) is 0 Å². The number of carbonyl (C=O) groups is 2. The molecule has 8 heteroatoms. The van der Waals surface area contributed by atoms with Crippen LogP contribution in [0.15, 0.2) is 29.4 Å². The van der Waals surface area contributed by atoms with Crippen LogP contribution in [0.25, 0.3) is 0 Å². The van der Waals surface area contributed by atoms with Gasteiger partial charge in [-0.25, -0.2) is 4.98 Å². The molecule has 2 aliphatic heterocycles. The lowest BCUT2D eigenvalue weighted by molar-refractivity contribution is -0.131. The van der Waals surface area contributed by atoms with Crippen molar-refractivity contribution in [1.82, 2.24) is 15.2 Å². The Morgan fingerprint density at radius 3 is 2.69 bits per heavy atom. The number of amides is 2. The number of pyridine rings is 1. The molecule has 0 spiro atoms. The lowest BCUT2D eigenvalue weighted by Crippen LogP contribution is -2.49. The molecule has 1 saturated heterocycles. The third-order valence-corrected chi connectivity index (χ3v) is 7.14. The first-order valence-electron chi connectivity index (χ1n) is 10.7. The third kappa shape index (κ3) is 5.29. The monoisotopic (exact) mass is 415 g/mol. The smallest absolute Gasteiger partial charge is 0.225 e. The largest absolute Gasteiger partial charge is 0.353 e. The second-order valence-electron chi connectivity index (χ2n) is 7.90. The topological polar surface area (TPSA) is 77.9 Å². The minimum Gasteiger partial charge on any atom is -0.353 e. The normalized spacial score (nSPS) is 24.1. The van der Waals surface area contributed by atoms with Crippen molar-refractivity contribution in [3.8, 4) is 0 Å². The number of amidine groups is 1. The van der Waals surface area contributed by atoms with E-state index in [1.807, 2.05) is 23.1 Å². The fourth-order valence-electron chi connectivity index (χ4n) is 4.21. The zero-order chi connectivity index (χ0) is 20.1. The first-order chi connectivity index (χ1) is 14.2. The van der Waals surface area contributed by atoms with E-state index in [2.05, 4.69) is 20.2 Å². The number of rotatable bonds is 5. The van der Waals surface area contributed by atoms with E-state index < -0.39 is 0 Å². The minimum atomic E-state index is -0.0253. The van der Waals surface area contributed by atoms with Crippen LogP contribution in [0.4, 0.5) is 5.82 Å². The SMILES string of the molecule is O=C(CCCC(=O)N1CCN(c2ccccn2)CC1)NC1=N[C@@H]2CCCC[C@@H]2S1. The number of hydrogen-bond acceptors (Lipinski definition) is 6. The zero-order valence-corrected chi connectivity index (χ0v) is 17.6. The summed E-state index contributed by atoms with van der Waals surface area (Å²) in [7, 11) is 0. The highest BCUT2D eigenvalue weighted by Crippen LogP contribution is 2.36. The Morgan fingerprint density at radius 2 is 1.93 bits per heavy atom. The fraction of sp³-hybridized carbons (Fsp3) is 0.619. The molecule has 3 heterocycles. The lowest BCUT2D eigenvalue weighted by atomic mass is 9.96. The molecule has 0 bridgehead atoms. The van der Waals surface area contributed by atoms with Gasteiger partial charge in [-0.1, -0.05) is 30.7 Å². The highest BCUT2D eigenvalue weighted by atomic mass is 32.2. The van der Waals surface area contributed by atoms with Crippen LogP contribution in [0.3, 0.4) is 0 Å². The highest BCUT2D eigenvalue weighted by Gasteiger charge is 2.32. The van der Waals surface area contributed by atoms with Crippen LogP contribution in [0.5, 0.6) is 0 Å². The second kappa shape index (κ2) is 9.61. The Morgan fingerprint density at radius 1 is 1.10 bits per heavy atom. The minimum absolute atomic E-state index is 0.0253. The molecular formula is C21H29N5O2S. The van der Waals surface area contributed by atoms with Crippen molar-refractivity contribution >= 4 is 34.6 Å². The Balaban J connectivity index is 1.14. The zero-order valence-electron chi connectivity index (χ0n) is 16.8. The van der Waals surface area contributed by atoms with E-state index in [9.17, 15) is 9.59 Å². The van der Waals surface area contributed by atoms with Gasteiger partial charge in [0.2, 0.25) is 11.8 Å². The van der Waals surface area contributed by atoms with Crippen LogP contribution in [0.1, 0.15) is 44.9 Å². The van der Waals surface area contributed by atoms with Crippen LogP contribution in [-0.2, 0) is 9.59 Å². The van der Waals surface area contributed by atoms with Crippen molar-refractivity contribution in [3.05, 3.63) is 24.4 Å². The van der Waals surface area contributed by atoms with Crippen molar-refractivity contribution < 1.29 is 9.59 Å². The summed E-state index contributed by atoms with van der Waals surface area (Å²) < 4.78 is 0. The van der Waals surface area contributed by atoms with Gasteiger partial charge < -0.3 is 15.1 Å². The van der Waals surface area contributed by atoms with E-state index in [4.69, 9.17) is 0 Å². The summed E-state index contributed by atoms with van der Waals surface area (Å²) in [6, 6.07) is 6.27. The number of carbonyl (C=O) groups excluding carboxylic acids is 2. The summed E-state index contributed by atoms with van der Waals surface area (Å²) in [5.41, 5.74) is 0. The summed E-state index contributed by atoms with van der Waals surface area (Å²) in [6.45, 7) is 3.00. The molecule has 2 amide bonds. The molecule has 1 aliphatic carbocycles. The predicted octanol–water partition coefficient (Wildman–Crippen LogP) is 2.43. The van der Waals surface area contributed by atoms with Crippen LogP contribution in [0.2, 0.25) is 0 Å². The molecule has 1 saturated carbocycles. The van der Waals surface area contributed by atoms with Gasteiger partial charge in [0.25, 0.3) is 0 Å². The molecule has 2 fully saturated rings. The molecule has 1 aromatic rings. The lowest BCUT2D eigenvalue weighted by Gasteiger charge is -2.35.